The molecule has 0 bridgehead atoms. The van der Waals surface area contributed by atoms with Gasteiger partial charge in [0, 0.05) is 23.2 Å². The minimum Gasteiger partial charge on any atom is -0.464 e. The lowest BCUT2D eigenvalue weighted by Gasteiger charge is -2.07. The molecule has 1 aromatic carbocycles. The SMILES string of the molecule is CCS(=O)(=O)CCNC(=O)Cc1coc2c(C)c(C)cc(C)c12. The molecule has 0 aliphatic heterocycles. The van der Waals surface area contributed by atoms with Crippen LogP contribution in [0.25, 0.3) is 11.0 Å². The molecule has 23 heavy (non-hydrogen) atoms. The Kier molecular flexibility index (Phi) is 5.14. The van der Waals surface area contributed by atoms with Gasteiger partial charge >= 0.3 is 0 Å². The topological polar surface area (TPSA) is 76.4 Å². The highest BCUT2D eigenvalue weighted by Gasteiger charge is 2.15. The predicted octanol–water partition coefficient (Wildman–Crippen LogP) is 2.45. The van der Waals surface area contributed by atoms with Gasteiger partial charge < -0.3 is 9.73 Å². The summed E-state index contributed by atoms with van der Waals surface area (Å²) in [4.78, 5) is 12.0. The monoisotopic (exact) mass is 337 g/mol. The number of carbonyl (C=O) groups excluding carboxylic acids is 1. The van der Waals surface area contributed by atoms with Gasteiger partial charge in [-0.15, -0.1) is 0 Å². The highest BCUT2D eigenvalue weighted by atomic mass is 32.2. The molecular weight excluding hydrogens is 314 g/mol. The number of amides is 1. The zero-order valence-electron chi connectivity index (χ0n) is 14.0. The number of furan rings is 1. The van der Waals surface area contributed by atoms with Crippen molar-refractivity contribution in [3.8, 4) is 0 Å². The zero-order chi connectivity index (χ0) is 17.2. The molecule has 1 N–H and O–H groups in total. The molecule has 2 rings (SSSR count). The Labute approximate surface area is 137 Å². The summed E-state index contributed by atoms with van der Waals surface area (Å²) >= 11 is 0. The maximum Gasteiger partial charge on any atom is 0.224 e. The molecule has 1 amide bonds. The van der Waals surface area contributed by atoms with Crippen LogP contribution in [-0.4, -0.2) is 32.4 Å². The van der Waals surface area contributed by atoms with Gasteiger partial charge in [0.2, 0.25) is 5.91 Å². The summed E-state index contributed by atoms with van der Waals surface area (Å²) in [6.45, 7) is 7.77. The second-order valence-electron chi connectivity index (χ2n) is 5.86. The fourth-order valence-corrected chi connectivity index (χ4v) is 3.34. The molecule has 1 heterocycles. The van der Waals surface area contributed by atoms with Crippen LogP contribution in [0.4, 0.5) is 0 Å². The average molecular weight is 337 g/mol. The second-order valence-corrected chi connectivity index (χ2v) is 8.34. The maximum absolute atomic E-state index is 12.0. The van der Waals surface area contributed by atoms with Crippen LogP contribution in [0.3, 0.4) is 0 Å². The van der Waals surface area contributed by atoms with E-state index in [1.165, 1.54) is 0 Å². The lowest BCUT2D eigenvalue weighted by Crippen LogP contribution is -2.30. The Morgan fingerprint density at radius 3 is 2.57 bits per heavy atom. The summed E-state index contributed by atoms with van der Waals surface area (Å²) in [6.07, 6.45) is 1.80. The zero-order valence-corrected chi connectivity index (χ0v) is 14.8. The number of benzene rings is 1. The fourth-order valence-electron chi connectivity index (χ4n) is 2.64. The summed E-state index contributed by atoms with van der Waals surface area (Å²) in [5, 5.41) is 3.64. The van der Waals surface area contributed by atoms with Crippen molar-refractivity contribution in [2.24, 2.45) is 0 Å². The van der Waals surface area contributed by atoms with E-state index in [9.17, 15) is 13.2 Å². The number of hydrogen-bond donors (Lipinski definition) is 1. The van der Waals surface area contributed by atoms with Gasteiger partial charge in [0.05, 0.1) is 18.4 Å². The van der Waals surface area contributed by atoms with E-state index in [0.717, 1.165) is 33.2 Å². The maximum atomic E-state index is 12.0. The highest BCUT2D eigenvalue weighted by molar-refractivity contribution is 7.91. The van der Waals surface area contributed by atoms with Crippen LogP contribution < -0.4 is 5.32 Å². The van der Waals surface area contributed by atoms with E-state index in [0.29, 0.717) is 0 Å². The molecule has 0 unspecified atom stereocenters. The number of rotatable bonds is 6. The van der Waals surface area contributed by atoms with Crippen molar-refractivity contribution >= 4 is 26.7 Å². The summed E-state index contributed by atoms with van der Waals surface area (Å²) in [5.74, 6) is -0.136. The smallest absolute Gasteiger partial charge is 0.224 e. The van der Waals surface area contributed by atoms with Crippen LogP contribution in [0, 0.1) is 20.8 Å². The Bertz CT molecular complexity index is 834. The van der Waals surface area contributed by atoms with Crippen molar-refractivity contribution in [1.82, 2.24) is 5.32 Å². The van der Waals surface area contributed by atoms with Gasteiger partial charge in [-0.3, -0.25) is 4.79 Å². The first-order valence-corrected chi connectivity index (χ1v) is 9.51. The third-order valence-electron chi connectivity index (χ3n) is 4.15. The third-order valence-corrected chi connectivity index (χ3v) is 5.86. The van der Waals surface area contributed by atoms with Gasteiger partial charge in [-0.2, -0.15) is 0 Å². The first kappa shape index (κ1) is 17.5. The minimum absolute atomic E-state index is 0.0291. The molecule has 0 radical (unpaired) electrons. The molecular formula is C17H23NO4S. The van der Waals surface area contributed by atoms with Crippen LogP contribution in [0.15, 0.2) is 16.7 Å². The van der Waals surface area contributed by atoms with E-state index in [2.05, 4.69) is 11.4 Å². The largest absolute Gasteiger partial charge is 0.464 e. The van der Waals surface area contributed by atoms with Gasteiger partial charge in [-0.05, 0) is 37.5 Å². The Hall–Kier alpha value is -1.82. The lowest BCUT2D eigenvalue weighted by atomic mass is 9.99. The number of fused-ring (bicyclic) bond motifs is 1. The van der Waals surface area contributed by atoms with Crippen LogP contribution in [0.2, 0.25) is 0 Å². The number of nitrogens with one attached hydrogen (secondary N) is 1. The Balaban J connectivity index is 2.11. The van der Waals surface area contributed by atoms with Crippen LogP contribution in [0.5, 0.6) is 0 Å². The van der Waals surface area contributed by atoms with Crippen LogP contribution in [-0.2, 0) is 21.1 Å². The highest BCUT2D eigenvalue weighted by Crippen LogP contribution is 2.30. The average Bonchev–Trinajstić information content (AvgIpc) is 2.89. The van der Waals surface area contributed by atoms with Gasteiger partial charge in [-0.25, -0.2) is 8.42 Å². The molecule has 0 fully saturated rings. The van der Waals surface area contributed by atoms with Gasteiger partial charge in [0.25, 0.3) is 0 Å². The normalized spacial score (nSPS) is 11.8. The van der Waals surface area contributed by atoms with Crippen molar-refractivity contribution in [3.05, 3.63) is 34.6 Å². The number of sulfone groups is 1. The van der Waals surface area contributed by atoms with Crippen molar-refractivity contribution < 1.29 is 17.6 Å². The fraction of sp³-hybridized carbons (Fsp3) is 0.471. The van der Waals surface area contributed by atoms with Crippen molar-refractivity contribution in [2.75, 3.05) is 18.1 Å². The number of hydrogen-bond acceptors (Lipinski definition) is 4. The number of aryl methyl sites for hydroxylation is 3. The molecule has 0 aliphatic carbocycles. The first-order valence-electron chi connectivity index (χ1n) is 7.69. The first-order chi connectivity index (χ1) is 10.7. The van der Waals surface area contributed by atoms with Crippen molar-refractivity contribution in [2.45, 2.75) is 34.1 Å². The van der Waals surface area contributed by atoms with Gasteiger partial charge in [-0.1, -0.05) is 13.0 Å². The van der Waals surface area contributed by atoms with Gasteiger partial charge in [0.15, 0.2) is 9.84 Å². The molecule has 126 valence electrons. The van der Waals surface area contributed by atoms with E-state index >= 15 is 0 Å². The molecule has 0 saturated carbocycles. The molecule has 0 saturated heterocycles. The predicted molar refractivity (Wildman–Crippen MR) is 91.5 cm³/mol. The second kappa shape index (κ2) is 6.74. The molecule has 1 aromatic heterocycles. The summed E-state index contributed by atoms with van der Waals surface area (Å²) in [7, 11) is -3.06. The molecule has 6 heteroatoms. The Morgan fingerprint density at radius 2 is 1.91 bits per heavy atom. The Morgan fingerprint density at radius 1 is 1.22 bits per heavy atom. The number of carbonyl (C=O) groups is 1. The molecule has 0 spiro atoms. The van der Waals surface area contributed by atoms with Crippen molar-refractivity contribution in [1.29, 1.82) is 0 Å². The van der Waals surface area contributed by atoms with Crippen molar-refractivity contribution in [3.63, 3.8) is 0 Å². The van der Waals surface area contributed by atoms with E-state index in [1.54, 1.807) is 13.2 Å². The minimum atomic E-state index is -3.06. The van der Waals surface area contributed by atoms with E-state index in [-0.39, 0.29) is 30.4 Å². The summed E-state index contributed by atoms with van der Waals surface area (Å²) in [5.41, 5.74) is 4.96. The molecule has 2 aromatic rings. The van der Waals surface area contributed by atoms with Gasteiger partial charge in [0.1, 0.15) is 5.58 Å². The van der Waals surface area contributed by atoms with Crippen LogP contribution in [0.1, 0.15) is 29.2 Å². The third kappa shape index (κ3) is 3.93. The summed E-state index contributed by atoms with van der Waals surface area (Å²) < 4.78 is 28.5. The quantitative estimate of drug-likeness (QED) is 0.878. The molecule has 5 nitrogen and oxygen atoms in total. The van der Waals surface area contributed by atoms with E-state index in [4.69, 9.17) is 4.42 Å². The molecule has 0 atom stereocenters. The van der Waals surface area contributed by atoms with E-state index in [1.807, 2.05) is 20.8 Å². The standard InChI is InChI=1S/C17H23NO4S/c1-5-23(20,21)7-6-18-15(19)9-14-10-22-17-13(4)11(2)8-12(3)16(14)17/h8,10H,5-7,9H2,1-4H3,(H,18,19). The summed E-state index contributed by atoms with van der Waals surface area (Å²) in [6, 6.07) is 2.09. The molecule has 0 aliphatic rings. The van der Waals surface area contributed by atoms with E-state index < -0.39 is 9.84 Å². The van der Waals surface area contributed by atoms with Crippen LogP contribution >= 0.6 is 0 Å². The lowest BCUT2D eigenvalue weighted by molar-refractivity contribution is -0.120.